The second-order valence-electron chi connectivity index (χ2n) is 6.79. The van der Waals surface area contributed by atoms with Gasteiger partial charge in [0.25, 0.3) is 11.8 Å². The van der Waals surface area contributed by atoms with E-state index < -0.39 is 17.6 Å². The number of hydrogen-bond acceptors (Lipinski definition) is 4. The number of amides is 2. The topological polar surface area (TPSA) is 91.2 Å². The van der Waals surface area contributed by atoms with E-state index >= 15 is 0 Å². The summed E-state index contributed by atoms with van der Waals surface area (Å²) in [7, 11) is 0. The minimum atomic E-state index is -0.694. The Morgan fingerprint density at radius 1 is 0.941 bits per heavy atom. The van der Waals surface area contributed by atoms with Gasteiger partial charge in [-0.2, -0.15) is 5.26 Å². The molecule has 0 aliphatic heterocycles. The first-order chi connectivity index (χ1) is 16.2. The molecule has 0 atom stereocenters. The minimum absolute atomic E-state index is 0.0704. The first-order valence-electron chi connectivity index (χ1n) is 9.61. The number of nitrogens with one attached hydrogen (secondary N) is 2. The van der Waals surface area contributed by atoms with Crippen LogP contribution in [0.4, 0.5) is 15.8 Å². The quantitative estimate of drug-likeness (QED) is 0.282. The van der Waals surface area contributed by atoms with Crippen molar-refractivity contribution in [1.82, 2.24) is 0 Å². The fraction of sp³-hybridized carbons (Fsp3) is 0.0417. The molecule has 2 N–H and O–H groups in total. The van der Waals surface area contributed by atoms with Gasteiger partial charge in [-0.05, 0) is 72.3 Å². The second-order valence-corrected chi connectivity index (χ2v) is 8.04. The van der Waals surface area contributed by atoms with Gasteiger partial charge in [-0.15, -0.1) is 0 Å². The van der Waals surface area contributed by atoms with Crippen LogP contribution in [0.15, 0.2) is 66.2 Å². The largest absolute Gasteiger partial charge is 0.481 e. The van der Waals surface area contributed by atoms with Gasteiger partial charge in [-0.1, -0.05) is 34.8 Å². The zero-order chi connectivity index (χ0) is 24.7. The fourth-order valence-corrected chi connectivity index (χ4v) is 3.45. The molecule has 0 saturated carbocycles. The summed E-state index contributed by atoms with van der Waals surface area (Å²) in [6, 6.07) is 16.3. The van der Waals surface area contributed by atoms with Crippen molar-refractivity contribution in [1.29, 1.82) is 5.26 Å². The predicted octanol–water partition coefficient (Wildman–Crippen LogP) is 6.35. The Morgan fingerprint density at radius 3 is 2.09 bits per heavy atom. The number of halogens is 4. The molecule has 172 valence electrons. The van der Waals surface area contributed by atoms with E-state index in [-0.39, 0.29) is 28.0 Å². The van der Waals surface area contributed by atoms with Gasteiger partial charge in [0, 0.05) is 16.4 Å². The number of anilines is 2. The summed E-state index contributed by atoms with van der Waals surface area (Å²) in [6.07, 6.45) is 1.29. The van der Waals surface area contributed by atoms with Crippen LogP contribution in [0.5, 0.6) is 5.75 Å². The summed E-state index contributed by atoms with van der Waals surface area (Å²) >= 11 is 18.3. The molecule has 6 nitrogen and oxygen atoms in total. The number of benzene rings is 3. The van der Waals surface area contributed by atoms with E-state index in [0.717, 1.165) is 0 Å². The van der Waals surface area contributed by atoms with Crippen LogP contribution in [0.1, 0.15) is 5.56 Å². The van der Waals surface area contributed by atoms with Crippen LogP contribution in [0.25, 0.3) is 6.08 Å². The molecule has 0 aliphatic rings. The predicted molar refractivity (Wildman–Crippen MR) is 131 cm³/mol. The number of rotatable bonds is 7. The molecule has 0 fully saturated rings. The van der Waals surface area contributed by atoms with Gasteiger partial charge < -0.3 is 15.4 Å². The number of nitrogens with zero attached hydrogens (tertiary/aromatic N) is 1. The molecule has 0 saturated heterocycles. The van der Waals surface area contributed by atoms with Crippen molar-refractivity contribution in [2.24, 2.45) is 0 Å². The monoisotopic (exact) mass is 517 g/mol. The van der Waals surface area contributed by atoms with E-state index in [4.69, 9.17) is 39.5 Å². The van der Waals surface area contributed by atoms with E-state index in [9.17, 15) is 19.2 Å². The molecule has 2 amide bonds. The molecule has 0 aliphatic carbocycles. The molecule has 0 heterocycles. The average molecular weight is 519 g/mol. The summed E-state index contributed by atoms with van der Waals surface area (Å²) in [6.45, 7) is -0.360. The van der Waals surface area contributed by atoms with Crippen molar-refractivity contribution in [3.63, 3.8) is 0 Å². The molecule has 0 unspecified atom stereocenters. The van der Waals surface area contributed by atoms with Crippen molar-refractivity contribution < 1.29 is 18.7 Å². The molecule has 3 aromatic carbocycles. The first-order valence-corrected chi connectivity index (χ1v) is 10.7. The molecule has 0 radical (unpaired) electrons. The number of ether oxygens (including phenoxy) is 1. The van der Waals surface area contributed by atoms with E-state index in [2.05, 4.69) is 10.6 Å². The molecule has 0 spiro atoms. The number of carbonyl (C=O) groups is 2. The summed E-state index contributed by atoms with van der Waals surface area (Å²) in [5.74, 6) is -1.52. The van der Waals surface area contributed by atoms with Crippen LogP contribution in [0.2, 0.25) is 15.1 Å². The molecule has 34 heavy (non-hydrogen) atoms. The van der Waals surface area contributed by atoms with Crippen molar-refractivity contribution in [3.05, 3.63) is 92.7 Å². The van der Waals surface area contributed by atoms with Gasteiger partial charge in [0.05, 0.1) is 10.0 Å². The number of nitriles is 1. The van der Waals surface area contributed by atoms with Crippen LogP contribution >= 0.6 is 34.8 Å². The second kappa shape index (κ2) is 11.5. The van der Waals surface area contributed by atoms with Crippen LogP contribution in [0.3, 0.4) is 0 Å². The molecule has 0 bridgehead atoms. The maximum absolute atomic E-state index is 13.0. The first kappa shape index (κ1) is 25.1. The minimum Gasteiger partial charge on any atom is -0.481 e. The molecule has 3 rings (SSSR count). The lowest BCUT2D eigenvalue weighted by molar-refractivity contribution is -0.118. The third-order valence-corrected chi connectivity index (χ3v) is 5.09. The molecule has 10 heteroatoms. The van der Waals surface area contributed by atoms with Gasteiger partial charge >= 0.3 is 0 Å². The summed E-state index contributed by atoms with van der Waals surface area (Å²) in [5, 5.41) is 15.2. The van der Waals surface area contributed by atoms with E-state index in [1.807, 2.05) is 0 Å². The third kappa shape index (κ3) is 6.96. The standard InChI is InChI=1S/C24H15Cl3FN3O3/c25-16-1-5-18(6-2-16)30-22(32)13-34-23-20(26)10-14(11-21(23)27)9-15(12-29)24(33)31-19-7-3-17(28)4-8-19/h1-11H,13H2,(H,30,32)(H,31,33)/b15-9+. The Bertz CT molecular complexity index is 1260. The normalized spacial score (nSPS) is 10.9. The van der Waals surface area contributed by atoms with Crippen LogP contribution in [0, 0.1) is 17.1 Å². The smallest absolute Gasteiger partial charge is 0.266 e. The van der Waals surface area contributed by atoms with Crippen molar-refractivity contribution >= 4 is 64.1 Å². The lowest BCUT2D eigenvalue weighted by atomic mass is 10.1. The molecule has 3 aromatic rings. The Balaban J connectivity index is 1.68. The highest BCUT2D eigenvalue weighted by Crippen LogP contribution is 2.35. The highest BCUT2D eigenvalue weighted by Gasteiger charge is 2.14. The molecular formula is C24H15Cl3FN3O3. The highest BCUT2D eigenvalue weighted by atomic mass is 35.5. The molecule has 0 aromatic heterocycles. The van der Waals surface area contributed by atoms with Crippen LogP contribution in [-0.4, -0.2) is 18.4 Å². The van der Waals surface area contributed by atoms with Gasteiger partial charge in [-0.25, -0.2) is 4.39 Å². The summed E-state index contributed by atoms with van der Waals surface area (Å²) in [5.41, 5.74) is 0.995. The maximum Gasteiger partial charge on any atom is 0.266 e. The lowest BCUT2D eigenvalue weighted by Gasteiger charge is -2.11. The van der Waals surface area contributed by atoms with Gasteiger partial charge in [-0.3, -0.25) is 9.59 Å². The van der Waals surface area contributed by atoms with Crippen LogP contribution < -0.4 is 15.4 Å². The van der Waals surface area contributed by atoms with Gasteiger partial charge in [0.1, 0.15) is 17.5 Å². The Hall–Kier alpha value is -3.57. The zero-order valence-electron chi connectivity index (χ0n) is 17.2. The van der Waals surface area contributed by atoms with Crippen LogP contribution in [-0.2, 0) is 9.59 Å². The summed E-state index contributed by atoms with van der Waals surface area (Å²) < 4.78 is 18.5. The van der Waals surface area contributed by atoms with Gasteiger partial charge in [0.15, 0.2) is 12.4 Å². The van der Waals surface area contributed by atoms with Crippen molar-refractivity contribution in [2.75, 3.05) is 17.2 Å². The van der Waals surface area contributed by atoms with E-state index in [1.54, 1.807) is 30.3 Å². The Kier molecular flexibility index (Phi) is 8.50. The van der Waals surface area contributed by atoms with E-state index in [1.165, 1.54) is 42.5 Å². The fourth-order valence-electron chi connectivity index (χ4n) is 2.72. The highest BCUT2D eigenvalue weighted by molar-refractivity contribution is 6.37. The SMILES string of the molecule is N#C/C(=C\c1cc(Cl)c(OCC(=O)Nc2ccc(Cl)cc2)c(Cl)c1)C(=O)Nc1ccc(F)cc1. The molecular weight excluding hydrogens is 504 g/mol. The third-order valence-electron chi connectivity index (χ3n) is 4.27. The number of carbonyl (C=O) groups excluding carboxylic acids is 2. The van der Waals surface area contributed by atoms with Gasteiger partial charge in [0.2, 0.25) is 0 Å². The Morgan fingerprint density at radius 2 is 1.50 bits per heavy atom. The van der Waals surface area contributed by atoms with E-state index in [0.29, 0.717) is 22.0 Å². The van der Waals surface area contributed by atoms with Crippen molar-refractivity contribution in [2.45, 2.75) is 0 Å². The Labute approximate surface area is 209 Å². The average Bonchev–Trinajstić information content (AvgIpc) is 2.80. The zero-order valence-corrected chi connectivity index (χ0v) is 19.5. The maximum atomic E-state index is 13.0. The van der Waals surface area contributed by atoms with Crippen molar-refractivity contribution in [3.8, 4) is 11.8 Å². The summed E-state index contributed by atoms with van der Waals surface area (Å²) in [4.78, 5) is 24.5. The number of hydrogen-bond donors (Lipinski definition) is 2. The lowest BCUT2D eigenvalue weighted by Crippen LogP contribution is -2.20.